The molecule has 0 atom stereocenters. The number of aliphatic hydroxyl groups excluding tert-OH is 1. The van der Waals surface area contributed by atoms with Crippen LogP contribution < -0.4 is 0 Å². The van der Waals surface area contributed by atoms with E-state index >= 15 is 0 Å². The molecule has 0 saturated carbocycles. The normalized spacial score (nSPS) is 12.1. The van der Waals surface area contributed by atoms with E-state index in [0.717, 1.165) is 13.0 Å². The summed E-state index contributed by atoms with van der Waals surface area (Å²) in [6.07, 6.45) is 1.46. The maximum atomic E-state index is 11.0. The molecule has 0 bridgehead atoms. The average Bonchev–Trinajstić information content (AvgIpc) is 2.25. The predicted molar refractivity (Wildman–Crippen MR) is 67.8 cm³/mol. The van der Waals surface area contributed by atoms with Crippen molar-refractivity contribution in [2.24, 2.45) is 5.92 Å². The van der Waals surface area contributed by atoms with Crippen LogP contribution in [0.15, 0.2) is 0 Å². The van der Waals surface area contributed by atoms with E-state index in [1.54, 1.807) is 0 Å². The summed E-state index contributed by atoms with van der Waals surface area (Å²) >= 11 is 0. The first-order valence-electron chi connectivity index (χ1n) is 5.92. The van der Waals surface area contributed by atoms with E-state index in [-0.39, 0.29) is 18.8 Å². The van der Waals surface area contributed by atoms with Crippen LogP contribution >= 0.6 is 0 Å². The van der Waals surface area contributed by atoms with Gasteiger partial charge in [0.05, 0.1) is 0 Å². The van der Waals surface area contributed by atoms with Crippen molar-refractivity contribution in [3.8, 4) is 0 Å². The summed E-state index contributed by atoms with van der Waals surface area (Å²) in [5.41, 5.74) is 0. The van der Waals surface area contributed by atoms with Crippen molar-refractivity contribution in [3.05, 3.63) is 0 Å². The van der Waals surface area contributed by atoms with E-state index in [1.807, 2.05) is 4.90 Å². The molecule has 0 aromatic carbocycles. The summed E-state index contributed by atoms with van der Waals surface area (Å²) in [5.74, 6) is 0.468. The average molecular weight is 263 g/mol. The first kappa shape index (κ1) is 16.7. The van der Waals surface area contributed by atoms with Gasteiger partial charge >= 0.3 is 104 Å². The number of aliphatic hydroxyl groups is 1. The Morgan fingerprint density at radius 2 is 1.88 bits per heavy atom. The number of hydrogen-bond donors (Lipinski definition) is 1. The molecule has 1 N–H and O–H groups in total. The van der Waals surface area contributed by atoms with E-state index in [4.69, 9.17) is 5.11 Å². The van der Waals surface area contributed by atoms with Crippen LogP contribution in [0.2, 0.25) is 0 Å². The molecule has 100 valence electrons. The number of rotatable bonds is 10. The first-order valence-corrected chi connectivity index (χ1v) is 7.64. The van der Waals surface area contributed by atoms with Gasteiger partial charge in [-0.25, -0.2) is 0 Å². The second-order valence-corrected chi connectivity index (χ2v) is 6.49. The Labute approximate surface area is 104 Å². The monoisotopic (exact) mass is 263 g/mol. The molecule has 0 fully saturated rings. The van der Waals surface area contributed by atoms with Gasteiger partial charge in [-0.15, -0.1) is 0 Å². The molecule has 0 rings (SSSR count). The van der Waals surface area contributed by atoms with Gasteiger partial charge in [-0.3, -0.25) is 0 Å². The van der Waals surface area contributed by atoms with Gasteiger partial charge < -0.3 is 0 Å². The van der Waals surface area contributed by atoms with Gasteiger partial charge in [-0.2, -0.15) is 0 Å². The van der Waals surface area contributed by atoms with Crippen LogP contribution in [0.25, 0.3) is 0 Å². The van der Waals surface area contributed by atoms with Crippen molar-refractivity contribution < 1.29 is 18.2 Å². The first-order chi connectivity index (χ1) is 7.91. The van der Waals surface area contributed by atoms with Gasteiger partial charge in [0.25, 0.3) is 0 Å². The van der Waals surface area contributed by atoms with Gasteiger partial charge in [0, 0.05) is 0 Å². The second-order valence-electron chi connectivity index (χ2n) is 4.56. The van der Waals surface area contributed by atoms with E-state index in [9.17, 15) is 13.1 Å². The van der Waals surface area contributed by atoms with E-state index in [2.05, 4.69) is 13.8 Å². The molecule has 0 heterocycles. The molecule has 0 unspecified atom stereocenters. The van der Waals surface area contributed by atoms with Gasteiger partial charge in [0.1, 0.15) is 0 Å². The molecule has 0 aromatic heterocycles. The Morgan fingerprint density at radius 1 is 1.24 bits per heavy atom. The molecule has 0 aliphatic heterocycles. The van der Waals surface area contributed by atoms with Crippen LogP contribution in [-0.4, -0.2) is 56.8 Å². The van der Waals surface area contributed by atoms with E-state index in [1.165, 1.54) is 0 Å². The van der Waals surface area contributed by atoms with E-state index in [0.29, 0.717) is 25.4 Å². The quantitative estimate of drug-likeness (QED) is 0.566. The summed E-state index contributed by atoms with van der Waals surface area (Å²) in [6.45, 7) is 6.30. The van der Waals surface area contributed by atoms with Crippen molar-refractivity contribution >= 4 is 16.1 Å². The van der Waals surface area contributed by atoms with E-state index < -0.39 is 9.69 Å². The van der Waals surface area contributed by atoms with Crippen LogP contribution in [0.3, 0.4) is 0 Å². The Bertz CT molecular complexity index is 305. The molecule has 0 spiro atoms. The molecular weight excluding hydrogens is 241 g/mol. The molecule has 0 radical (unpaired) electrons. The topological polar surface area (TPSA) is 74.7 Å². The van der Waals surface area contributed by atoms with Crippen LogP contribution in [0.5, 0.6) is 0 Å². The van der Waals surface area contributed by atoms with Crippen molar-refractivity contribution in [2.75, 3.05) is 32.0 Å². The van der Waals surface area contributed by atoms with Gasteiger partial charge in [-0.1, -0.05) is 0 Å². The number of hydrogen-bond acceptors (Lipinski definition) is 5. The Morgan fingerprint density at radius 3 is 2.35 bits per heavy atom. The van der Waals surface area contributed by atoms with Gasteiger partial charge in [0.15, 0.2) is 0 Å². The third-order valence-electron chi connectivity index (χ3n) is 2.49. The summed E-state index contributed by atoms with van der Waals surface area (Å²) < 4.78 is 32.1. The minimum absolute atomic E-state index is 0.0114. The molecule has 17 heavy (non-hydrogen) atoms. The van der Waals surface area contributed by atoms with Crippen LogP contribution in [0.4, 0.5) is 0 Å². The van der Waals surface area contributed by atoms with Crippen molar-refractivity contribution in [3.63, 3.8) is 0 Å². The zero-order valence-corrected chi connectivity index (χ0v) is 11.4. The zero-order valence-electron chi connectivity index (χ0n) is 10.6. The van der Waals surface area contributed by atoms with Crippen LogP contribution in [-0.2, 0) is 14.4 Å². The third-order valence-corrected chi connectivity index (χ3v) is 3.64. The minimum atomic E-state index is -3.53. The fourth-order valence-corrected chi connectivity index (χ4v) is 2.08. The van der Waals surface area contributed by atoms with Gasteiger partial charge in [0.2, 0.25) is 0 Å². The van der Waals surface area contributed by atoms with Crippen LogP contribution in [0.1, 0.15) is 26.7 Å². The molecular formula is C10H22BNO4S. The fourth-order valence-electron chi connectivity index (χ4n) is 1.46. The molecule has 0 amide bonds. The summed E-state index contributed by atoms with van der Waals surface area (Å²) in [7, 11) is -3.53. The van der Waals surface area contributed by atoms with Crippen molar-refractivity contribution in [1.82, 2.24) is 4.90 Å². The Kier molecular flexibility index (Phi) is 8.64. The molecule has 0 aliphatic rings. The second kappa shape index (κ2) is 8.77. The summed E-state index contributed by atoms with van der Waals surface area (Å²) in [4.78, 5) is 2.03. The zero-order chi connectivity index (χ0) is 13.3. The predicted octanol–water partition coefficient (Wildman–Crippen LogP) is 0.0964. The number of nitrogens with zero attached hydrogens (tertiary/aromatic N) is 1. The molecule has 7 heteroatoms. The molecule has 5 nitrogen and oxygen atoms in total. The third kappa shape index (κ3) is 9.44. The standard InChI is InChI=1S/C10H22BNO4S/c1-10(2)4-6-12(7-8-13)5-3-9-17(15,16)11-14/h10,13H,3-9H2,1-2H3. The maximum absolute atomic E-state index is 11.0. The summed E-state index contributed by atoms with van der Waals surface area (Å²) in [6, 6.07) is 0. The molecule has 0 saturated heterocycles. The van der Waals surface area contributed by atoms with Gasteiger partial charge in [-0.05, 0) is 0 Å². The Balaban J connectivity index is 3.96. The molecule has 0 aromatic rings. The SMILES string of the molecule is CC(C)CCN(CCO)CCCS(=O)(=O)B=O. The fraction of sp³-hybridized carbons (Fsp3) is 1.00. The van der Waals surface area contributed by atoms with Crippen molar-refractivity contribution in [2.45, 2.75) is 26.7 Å². The summed E-state index contributed by atoms with van der Waals surface area (Å²) in [5, 5.41) is 8.89. The van der Waals surface area contributed by atoms with Crippen molar-refractivity contribution in [1.29, 1.82) is 0 Å². The Hall–Kier alpha value is -0.265. The van der Waals surface area contributed by atoms with Crippen LogP contribution in [0, 0.1) is 5.92 Å². The molecule has 0 aliphatic carbocycles.